The summed E-state index contributed by atoms with van der Waals surface area (Å²) >= 11 is 1.47. The number of halogens is 1. The van der Waals surface area contributed by atoms with Crippen LogP contribution < -0.4 is 0 Å². The van der Waals surface area contributed by atoms with Crippen molar-refractivity contribution in [1.82, 2.24) is 0 Å². The van der Waals surface area contributed by atoms with Crippen LogP contribution in [0.1, 0.15) is 20.3 Å². The molecule has 0 radical (unpaired) electrons. The number of rotatable bonds is 1. The molecule has 0 aromatic heterocycles. The molecule has 0 N–H and O–H groups in total. The van der Waals surface area contributed by atoms with Crippen molar-refractivity contribution >= 4 is 9.30 Å². The van der Waals surface area contributed by atoms with Crippen LogP contribution in [0.2, 0.25) is 0 Å². The van der Waals surface area contributed by atoms with E-state index in [1.165, 1.54) is 30.9 Å². The molecule has 1 rings (SSSR count). The van der Waals surface area contributed by atoms with Gasteiger partial charge in [-0.15, -0.1) is 26.0 Å². The maximum absolute atomic E-state index is 4.64. The third-order valence-electron chi connectivity index (χ3n) is 1.41. The molecule has 0 saturated heterocycles. The molecule has 0 unspecified atom stereocenters. The quantitative estimate of drug-likeness (QED) is 0.462. The van der Waals surface area contributed by atoms with Crippen molar-refractivity contribution in [1.29, 1.82) is 0 Å². The maximum atomic E-state index is 4.64. The zero-order chi connectivity index (χ0) is 7.98. The average molecular weight is 221 g/mol. The molecule has 0 aromatic rings. The van der Waals surface area contributed by atoms with E-state index in [0.717, 1.165) is 6.42 Å². The van der Waals surface area contributed by atoms with E-state index in [1.807, 2.05) is 0 Å². The first-order valence-corrected chi connectivity index (χ1v) is 5.30. The average Bonchev–Trinajstić information content (AvgIpc) is 2.42. The van der Waals surface area contributed by atoms with Crippen molar-refractivity contribution < 1.29 is 19.4 Å². The van der Waals surface area contributed by atoms with E-state index in [9.17, 15) is 0 Å². The summed E-state index contributed by atoms with van der Waals surface area (Å²) in [6.45, 7) is 4.30. The third-order valence-corrected chi connectivity index (χ3v) is 1.41. The van der Waals surface area contributed by atoms with E-state index in [-0.39, 0.29) is 14.9 Å². The molecule has 0 heterocycles. The van der Waals surface area contributed by atoms with Gasteiger partial charge < -0.3 is 14.9 Å². The minimum absolute atomic E-state index is 0. The summed E-state index contributed by atoms with van der Waals surface area (Å²) in [5.41, 5.74) is 1.48. The number of hydrogen-bond acceptors (Lipinski definition) is 0. The fraction of sp³-hybridized carbons (Fsp3) is 0.300. The van der Waals surface area contributed by atoms with Gasteiger partial charge in [-0.3, -0.25) is 0 Å². The fourth-order valence-electron chi connectivity index (χ4n) is 0.818. The fourth-order valence-corrected chi connectivity index (χ4v) is 0.818. The van der Waals surface area contributed by atoms with Crippen molar-refractivity contribution in [2.75, 3.05) is 0 Å². The van der Waals surface area contributed by atoms with Crippen LogP contribution in [0, 0.1) is 20.8 Å². The van der Waals surface area contributed by atoms with Gasteiger partial charge in [-0.05, 0) is 6.42 Å². The van der Waals surface area contributed by atoms with Crippen LogP contribution in [-0.4, -0.2) is 0 Å². The molecule has 0 nitrogen and oxygen atoms in total. The Hall–Kier alpha value is 0.354. The summed E-state index contributed by atoms with van der Waals surface area (Å²) in [7, 11) is 4.64. The van der Waals surface area contributed by atoms with Crippen LogP contribution in [0.5, 0.6) is 0 Å². The first kappa shape index (κ1) is 18.2. The Morgan fingerprint density at radius 1 is 1.33 bits per heavy atom. The van der Waals surface area contributed by atoms with Crippen molar-refractivity contribution in [3.05, 3.63) is 44.6 Å². The Morgan fingerprint density at radius 2 is 1.83 bits per heavy atom. The molecule has 12 heavy (non-hydrogen) atoms. The second kappa shape index (κ2) is 11.4. The third kappa shape index (κ3) is 7.03. The summed E-state index contributed by atoms with van der Waals surface area (Å²) in [4.78, 5) is 0. The van der Waals surface area contributed by atoms with E-state index in [0.29, 0.717) is 0 Å². The second-order valence-corrected chi connectivity index (χ2v) is 2.32. The topological polar surface area (TPSA) is 0 Å². The SMILES string of the molecule is C[C-](C)C1=CC=CC1.[CH3-].[CH3-].[Cl][Ti+3]. The van der Waals surface area contributed by atoms with Gasteiger partial charge in [0.05, 0.1) is 0 Å². The first-order chi connectivity index (χ1) is 4.80. The van der Waals surface area contributed by atoms with Gasteiger partial charge in [0.25, 0.3) is 0 Å². The molecule has 0 atom stereocenters. The second-order valence-electron chi connectivity index (χ2n) is 2.32. The van der Waals surface area contributed by atoms with Gasteiger partial charge in [0, 0.05) is 0 Å². The molecule has 1 aliphatic carbocycles. The summed E-state index contributed by atoms with van der Waals surface area (Å²) in [5.74, 6) is 1.44. The van der Waals surface area contributed by atoms with E-state index < -0.39 is 0 Å². The molecule has 0 saturated carbocycles. The Balaban J connectivity index is -0.000000189. The van der Waals surface area contributed by atoms with Gasteiger partial charge in [0.1, 0.15) is 0 Å². The summed E-state index contributed by atoms with van der Waals surface area (Å²) in [6.07, 6.45) is 7.61. The molecule has 0 bridgehead atoms. The van der Waals surface area contributed by atoms with E-state index in [2.05, 4.69) is 41.4 Å². The molecular formula is C10H17ClTi. The Bertz CT molecular complexity index is 137. The normalized spacial score (nSPS) is 11.6. The standard InChI is InChI=1S/C8H11.2CH3.ClH.Ti/c1-7(2)8-5-3-4-6-8;;;;/h3-5H,6H2,1-2H3;2*1H3;1H;/q3*-1;;+4/p-1. The van der Waals surface area contributed by atoms with Gasteiger partial charge in [0.2, 0.25) is 0 Å². The van der Waals surface area contributed by atoms with E-state index in [1.54, 1.807) is 0 Å². The van der Waals surface area contributed by atoms with Crippen LogP contribution in [0.3, 0.4) is 0 Å². The summed E-state index contributed by atoms with van der Waals surface area (Å²) in [6, 6.07) is 0. The van der Waals surface area contributed by atoms with Gasteiger partial charge >= 0.3 is 28.7 Å². The Kier molecular flexibility index (Phi) is 17.2. The van der Waals surface area contributed by atoms with Gasteiger partial charge in [-0.2, -0.15) is 0 Å². The van der Waals surface area contributed by atoms with Crippen LogP contribution in [0.15, 0.2) is 23.8 Å². The van der Waals surface area contributed by atoms with Crippen molar-refractivity contribution in [3.63, 3.8) is 0 Å². The first-order valence-electron chi connectivity index (χ1n) is 3.16. The predicted molar refractivity (Wildman–Crippen MR) is 55.1 cm³/mol. The molecule has 68 valence electrons. The molecule has 0 spiro atoms. The molecule has 2 heteroatoms. The molecule has 0 aliphatic heterocycles. The molecule has 0 amide bonds. The van der Waals surface area contributed by atoms with Gasteiger partial charge in [0.15, 0.2) is 0 Å². The van der Waals surface area contributed by atoms with Crippen molar-refractivity contribution in [2.45, 2.75) is 20.3 Å². The van der Waals surface area contributed by atoms with Crippen LogP contribution in [0.4, 0.5) is 0 Å². The number of allylic oxidation sites excluding steroid dienone is 4. The predicted octanol–water partition coefficient (Wildman–Crippen LogP) is 4.07. The number of hydrogen-bond donors (Lipinski definition) is 0. The van der Waals surface area contributed by atoms with Crippen LogP contribution >= 0.6 is 9.30 Å². The van der Waals surface area contributed by atoms with Crippen LogP contribution in [0.25, 0.3) is 0 Å². The van der Waals surface area contributed by atoms with Gasteiger partial charge in [-0.1, -0.05) is 0 Å². The monoisotopic (exact) mass is 220 g/mol. The van der Waals surface area contributed by atoms with Crippen molar-refractivity contribution in [2.24, 2.45) is 0 Å². The molecule has 1 aliphatic rings. The van der Waals surface area contributed by atoms with Crippen molar-refractivity contribution in [3.8, 4) is 0 Å². The van der Waals surface area contributed by atoms with Gasteiger partial charge in [-0.25, -0.2) is 17.6 Å². The molecular weight excluding hydrogens is 203 g/mol. The molecule has 0 fully saturated rings. The Labute approximate surface area is 93.4 Å². The van der Waals surface area contributed by atoms with E-state index in [4.69, 9.17) is 0 Å². The zero-order valence-electron chi connectivity index (χ0n) is 8.32. The summed E-state index contributed by atoms with van der Waals surface area (Å²) < 4.78 is 0. The van der Waals surface area contributed by atoms with E-state index >= 15 is 0 Å². The van der Waals surface area contributed by atoms with Crippen LogP contribution in [-0.2, 0) is 19.4 Å². The Morgan fingerprint density at radius 3 is 2.00 bits per heavy atom. The zero-order valence-corrected chi connectivity index (χ0v) is 10.6. The summed E-state index contributed by atoms with van der Waals surface area (Å²) in [5, 5.41) is 0. The molecule has 0 aromatic carbocycles. The minimum atomic E-state index is 0.